The Kier molecular flexibility index (Phi) is 2.69. The van der Waals surface area contributed by atoms with Crippen LogP contribution in [-0.4, -0.2) is 10.2 Å². The molecule has 0 amide bonds. The third-order valence-electron chi connectivity index (χ3n) is 5.03. The number of nitro groups is 1. The van der Waals surface area contributed by atoms with Crippen LogP contribution in [0.1, 0.15) is 34.6 Å². The van der Waals surface area contributed by atoms with Crippen LogP contribution < -0.4 is 0 Å². The SMILES string of the molecule is O=C(Cl)[C@H]1CC2c3ccccc3C1([N+](=O)[O-])c1ccccc12. The zero-order valence-corrected chi connectivity index (χ0v) is 12.3. The fourth-order valence-electron chi connectivity index (χ4n) is 4.22. The first-order valence-corrected chi connectivity index (χ1v) is 7.49. The van der Waals surface area contributed by atoms with E-state index < -0.39 is 16.7 Å². The number of hydrogen-bond donors (Lipinski definition) is 0. The monoisotopic (exact) mass is 313 g/mol. The van der Waals surface area contributed by atoms with Crippen LogP contribution in [0.3, 0.4) is 0 Å². The summed E-state index contributed by atoms with van der Waals surface area (Å²) >= 11 is 5.77. The van der Waals surface area contributed by atoms with E-state index >= 15 is 0 Å². The molecule has 3 aliphatic rings. The van der Waals surface area contributed by atoms with Crippen molar-refractivity contribution in [1.29, 1.82) is 0 Å². The second-order valence-electron chi connectivity index (χ2n) is 5.84. The Morgan fingerprint density at radius 3 is 2.05 bits per heavy atom. The second kappa shape index (κ2) is 4.40. The molecule has 110 valence electrons. The molecule has 0 unspecified atom stereocenters. The molecule has 0 aromatic heterocycles. The van der Waals surface area contributed by atoms with Crippen LogP contribution in [-0.2, 0) is 10.3 Å². The maximum atomic E-state index is 12.2. The van der Waals surface area contributed by atoms with E-state index in [1.54, 1.807) is 24.3 Å². The zero-order valence-electron chi connectivity index (χ0n) is 11.5. The molecule has 5 rings (SSSR count). The van der Waals surface area contributed by atoms with E-state index in [9.17, 15) is 14.9 Å². The van der Waals surface area contributed by atoms with Crippen molar-refractivity contribution in [2.45, 2.75) is 17.9 Å². The van der Waals surface area contributed by atoms with E-state index in [0.717, 1.165) is 11.1 Å². The Morgan fingerprint density at radius 2 is 1.59 bits per heavy atom. The lowest BCUT2D eigenvalue weighted by atomic mass is 9.55. The summed E-state index contributed by atoms with van der Waals surface area (Å²) in [5.41, 5.74) is 1.52. The van der Waals surface area contributed by atoms with E-state index in [-0.39, 0.29) is 10.8 Å². The van der Waals surface area contributed by atoms with Gasteiger partial charge >= 0.3 is 0 Å². The standard InChI is InChI=1S/C17H12ClNO3/c18-16(20)15-9-12-10-5-1-3-7-13(10)17(15,19(21)22)14-8-4-2-6-11(12)14/h1-8,12,15H,9H2/t12?,15-,17?/m1/s1. The molecule has 3 aliphatic carbocycles. The highest BCUT2D eigenvalue weighted by Gasteiger charge is 2.65. The number of hydrogen-bond acceptors (Lipinski definition) is 3. The number of fused-ring (bicyclic) bond motifs is 1. The van der Waals surface area contributed by atoms with Crippen molar-refractivity contribution < 1.29 is 9.72 Å². The van der Waals surface area contributed by atoms with Gasteiger partial charge in [0.2, 0.25) is 5.24 Å². The molecule has 5 heteroatoms. The molecular weight excluding hydrogens is 302 g/mol. The van der Waals surface area contributed by atoms with Gasteiger partial charge in [-0.25, -0.2) is 0 Å². The molecule has 0 heterocycles. The fourth-order valence-corrected chi connectivity index (χ4v) is 4.47. The van der Waals surface area contributed by atoms with Crippen LogP contribution in [0.2, 0.25) is 0 Å². The number of rotatable bonds is 2. The summed E-state index contributed by atoms with van der Waals surface area (Å²) in [6, 6.07) is 14.7. The minimum Gasteiger partial charge on any atom is -0.281 e. The van der Waals surface area contributed by atoms with Crippen molar-refractivity contribution >= 4 is 16.8 Å². The summed E-state index contributed by atoms with van der Waals surface area (Å²) in [6.07, 6.45) is 0.386. The molecule has 0 N–H and O–H groups in total. The Bertz CT molecular complexity index is 770. The highest BCUT2D eigenvalue weighted by molar-refractivity contribution is 6.64. The lowest BCUT2D eigenvalue weighted by Gasteiger charge is -2.46. The topological polar surface area (TPSA) is 60.2 Å². The molecular formula is C17H12ClNO3. The van der Waals surface area contributed by atoms with Gasteiger partial charge < -0.3 is 0 Å². The predicted octanol–water partition coefficient (Wildman–Crippen LogP) is 3.44. The Hall–Kier alpha value is -2.20. The maximum Gasteiger partial charge on any atom is 0.283 e. The Morgan fingerprint density at radius 1 is 1.09 bits per heavy atom. The van der Waals surface area contributed by atoms with Crippen molar-refractivity contribution in [3.05, 3.63) is 80.9 Å². The summed E-state index contributed by atoms with van der Waals surface area (Å²) in [6.45, 7) is 0. The van der Waals surface area contributed by atoms with Crippen LogP contribution in [0.25, 0.3) is 0 Å². The van der Waals surface area contributed by atoms with Crippen LogP contribution in [0, 0.1) is 16.0 Å². The molecule has 0 aliphatic heterocycles. The van der Waals surface area contributed by atoms with Gasteiger partial charge in [0.25, 0.3) is 5.54 Å². The number of halogens is 1. The van der Waals surface area contributed by atoms with Gasteiger partial charge in [0.15, 0.2) is 0 Å². The highest BCUT2D eigenvalue weighted by Crippen LogP contribution is 2.59. The average Bonchev–Trinajstić information content (AvgIpc) is 2.54. The van der Waals surface area contributed by atoms with Crippen molar-refractivity contribution in [1.82, 2.24) is 0 Å². The normalized spacial score (nSPS) is 27.9. The van der Waals surface area contributed by atoms with Crippen LogP contribution in [0.15, 0.2) is 48.5 Å². The Labute approximate surface area is 131 Å². The van der Waals surface area contributed by atoms with Gasteiger partial charge in [0.05, 0.1) is 0 Å². The van der Waals surface area contributed by atoms with Crippen LogP contribution >= 0.6 is 11.6 Å². The number of carbonyl (C=O) groups excluding carboxylic acids is 1. The first kappa shape index (κ1) is 13.5. The molecule has 0 saturated carbocycles. The Balaban J connectivity index is 2.16. The van der Waals surface area contributed by atoms with E-state index in [1.807, 2.05) is 24.3 Å². The quantitative estimate of drug-likeness (QED) is 0.485. The lowest BCUT2D eigenvalue weighted by Crippen LogP contribution is -2.54. The minimum atomic E-state index is -1.57. The average molecular weight is 314 g/mol. The number of nitrogens with zero attached hydrogens (tertiary/aromatic N) is 1. The van der Waals surface area contributed by atoms with Gasteiger partial charge in [0.1, 0.15) is 5.92 Å². The molecule has 22 heavy (non-hydrogen) atoms. The van der Waals surface area contributed by atoms with Crippen molar-refractivity contribution in [3.8, 4) is 0 Å². The van der Waals surface area contributed by atoms with Gasteiger partial charge in [-0.3, -0.25) is 14.9 Å². The molecule has 2 aromatic carbocycles. The van der Waals surface area contributed by atoms with Crippen molar-refractivity contribution in [2.24, 2.45) is 5.92 Å². The highest BCUT2D eigenvalue weighted by atomic mass is 35.5. The minimum absolute atomic E-state index is 0.0121. The van der Waals surface area contributed by atoms with Crippen molar-refractivity contribution in [3.63, 3.8) is 0 Å². The zero-order chi connectivity index (χ0) is 15.5. The molecule has 2 aromatic rings. The van der Waals surface area contributed by atoms with E-state index in [0.29, 0.717) is 17.5 Å². The molecule has 0 saturated heterocycles. The van der Waals surface area contributed by atoms with Crippen molar-refractivity contribution in [2.75, 3.05) is 0 Å². The van der Waals surface area contributed by atoms with Gasteiger partial charge in [-0.2, -0.15) is 0 Å². The summed E-state index contributed by atoms with van der Waals surface area (Å²) in [7, 11) is 0. The molecule has 4 nitrogen and oxygen atoms in total. The van der Waals surface area contributed by atoms with E-state index in [4.69, 9.17) is 11.6 Å². The summed E-state index contributed by atoms with van der Waals surface area (Å²) < 4.78 is 0. The molecule has 0 spiro atoms. The summed E-state index contributed by atoms with van der Waals surface area (Å²) in [4.78, 5) is 23.8. The van der Waals surface area contributed by atoms with Gasteiger partial charge in [0, 0.05) is 22.0 Å². The fraction of sp³-hybridized carbons (Fsp3) is 0.235. The smallest absolute Gasteiger partial charge is 0.281 e. The van der Waals surface area contributed by atoms with E-state index in [2.05, 4.69) is 0 Å². The van der Waals surface area contributed by atoms with Gasteiger partial charge in [-0.15, -0.1) is 0 Å². The van der Waals surface area contributed by atoms with Crippen LogP contribution in [0.5, 0.6) is 0 Å². The summed E-state index contributed by atoms with van der Waals surface area (Å²) in [5.74, 6) is -0.846. The second-order valence-corrected chi connectivity index (χ2v) is 6.22. The first-order valence-electron chi connectivity index (χ1n) is 7.11. The van der Waals surface area contributed by atoms with Gasteiger partial charge in [-0.05, 0) is 29.1 Å². The third-order valence-corrected chi connectivity index (χ3v) is 5.29. The number of benzene rings is 2. The molecule has 0 radical (unpaired) electrons. The molecule has 0 fully saturated rings. The number of carbonyl (C=O) groups is 1. The lowest BCUT2D eigenvalue weighted by molar-refractivity contribution is -0.577. The maximum absolute atomic E-state index is 12.2. The largest absolute Gasteiger partial charge is 0.283 e. The van der Waals surface area contributed by atoms with E-state index in [1.165, 1.54) is 0 Å². The van der Waals surface area contributed by atoms with Crippen LogP contribution in [0.4, 0.5) is 0 Å². The van der Waals surface area contributed by atoms with Gasteiger partial charge in [-0.1, -0.05) is 48.5 Å². The predicted molar refractivity (Wildman–Crippen MR) is 81.5 cm³/mol. The summed E-state index contributed by atoms with van der Waals surface area (Å²) in [5, 5.41) is 11.5. The first-order chi connectivity index (χ1) is 10.6. The third kappa shape index (κ3) is 1.40. The molecule has 2 bridgehead atoms. The molecule has 1 atom stereocenters.